The molecule has 1 aliphatic rings. The van der Waals surface area contributed by atoms with Crippen molar-refractivity contribution in [3.8, 4) is 0 Å². The van der Waals surface area contributed by atoms with Crippen LogP contribution in [0.25, 0.3) is 11.2 Å². The molecule has 1 unspecified atom stereocenters. The van der Waals surface area contributed by atoms with Gasteiger partial charge in [-0.15, -0.1) is 0 Å². The lowest BCUT2D eigenvalue weighted by Crippen LogP contribution is -2.33. The van der Waals surface area contributed by atoms with E-state index in [1.807, 2.05) is 6.92 Å². The molecule has 2 aromatic heterocycles. The number of aliphatic hydroxyl groups excluding tert-OH is 3. The number of aliphatic hydroxyl groups is 3. The summed E-state index contributed by atoms with van der Waals surface area (Å²) in [6.45, 7) is 1.61. The van der Waals surface area contributed by atoms with Gasteiger partial charge < -0.3 is 25.8 Å². The largest absolute Gasteiger partial charge is 0.394 e. The van der Waals surface area contributed by atoms with E-state index in [4.69, 9.17) is 10.5 Å². The molecule has 25 heavy (non-hydrogen) atoms. The molecular weight excluding hydrogens is 330 g/mol. The fourth-order valence-corrected chi connectivity index (χ4v) is 2.58. The summed E-state index contributed by atoms with van der Waals surface area (Å²) in [5.41, 5.74) is 9.25. The second-order valence-electron chi connectivity index (χ2n) is 5.70. The van der Waals surface area contributed by atoms with Crippen molar-refractivity contribution in [3.05, 3.63) is 6.33 Å². The van der Waals surface area contributed by atoms with Crippen LogP contribution < -0.4 is 11.2 Å². The number of fused-ring (bicyclic) bond motifs is 1. The van der Waals surface area contributed by atoms with E-state index < -0.39 is 31.1 Å². The first-order valence-electron chi connectivity index (χ1n) is 7.96. The Morgan fingerprint density at radius 1 is 1.40 bits per heavy atom. The van der Waals surface area contributed by atoms with Crippen molar-refractivity contribution in [2.24, 2.45) is 5.10 Å². The monoisotopic (exact) mass is 351 g/mol. The highest BCUT2D eigenvalue weighted by atomic mass is 16.6. The number of anilines is 2. The maximum Gasteiger partial charge on any atom is 0.247 e. The molecule has 3 rings (SSSR count). The summed E-state index contributed by atoms with van der Waals surface area (Å²) in [6.07, 6.45) is 0.548. The van der Waals surface area contributed by atoms with Crippen LogP contribution in [0.15, 0.2) is 11.4 Å². The Kier molecular flexibility index (Phi) is 5.08. The summed E-state index contributed by atoms with van der Waals surface area (Å²) >= 11 is 0. The summed E-state index contributed by atoms with van der Waals surface area (Å²) in [5, 5.41) is 33.3. The summed E-state index contributed by atoms with van der Waals surface area (Å²) in [5.74, 6) is 0.314. The van der Waals surface area contributed by atoms with E-state index >= 15 is 0 Å². The molecule has 0 amide bonds. The van der Waals surface area contributed by atoms with Crippen molar-refractivity contribution in [3.63, 3.8) is 0 Å². The number of hydrogen-bond donors (Lipinski definition) is 5. The third-order valence-electron chi connectivity index (χ3n) is 3.91. The standard InChI is InChI=1S/C14H21N7O4/c1-2-3-4-17-20-14-18-11(15)8-12(19-14)21(6-16-8)13-10(24)9(23)7(5-22)25-13/h4,6-7,9-10,13,22-24H,2-3,5H2,1H3,(H3,15,18,19,20)/b17-4+/t7-,9-,10-,13?/m1/s1. The first-order chi connectivity index (χ1) is 12.1. The molecule has 0 radical (unpaired) electrons. The normalized spacial score (nSPS) is 26.7. The number of nitrogens with one attached hydrogen (secondary N) is 1. The number of aromatic nitrogens is 4. The smallest absolute Gasteiger partial charge is 0.247 e. The zero-order valence-corrected chi connectivity index (χ0v) is 13.6. The maximum atomic E-state index is 10.2. The number of unbranched alkanes of at least 4 members (excludes halogenated alkanes) is 1. The molecule has 136 valence electrons. The molecule has 6 N–H and O–H groups in total. The van der Waals surface area contributed by atoms with E-state index in [9.17, 15) is 15.3 Å². The first kappa shape index (κ1) is 17.5. The third-order valence-corrected chi connectivity index (χ3v) is 3.91. The molecule has 11 heteroatoms. The van der Waals surface area contributed by atoms with E-state index in [1.165, 1.54) is 10.9 Å². The molecule has 2 aromatic rings. The Hall–Kier alpha value is -2.34. The van der Waals surface area contributed by atoms with E-state index in [1.54, 1.807) is 6.21 Å². The number of hydrazone groups is 1. The van der Waals surface area contributed by atoms with E-state index in [0.717, 1.165) is 12.8 Å². The maximum absolute atomic E-state index is 10.2. The fraction of sp³-hybridized carbons (Fsp3) is 0.571. The van der Waals surface area contributed by atoms with E-state index in [-0.39, 0.29) is 11.8 Å². The van der Waals surface area contributed by atoms with Crippen LogP contribution in [0.5, 0.6) is 0 Å². The quantitative estimate of drug-likeness (QED) is 0.331. The van der Waals surface area contributed by atoms with E-state index in [2.05, 4.69) is 25.5 Å². The Morgan fingerprint density at radius 3 is 2.88 bits per heavy atom. The summed E-state index contributed by atoms with van der Waals surface area (Å²) in [7, 11) is 0. The van der Waals surface area contributed by atoms with Gasteiger partial charge in [-0.25, -0.2) is 10.4 Å². The van der Waals surface area contributed by atoms with Crippen LogP contribution >= 0.6 is 0 Å². The molecular formula is C14H21N7O4. The van der Waals surface area contributed by atoms with Crippen LogP contribution in [0.3, 0.4) is 0 Å². The summed E-state index contributed by atoms with van der Waals surface area (Å²) < 4.78 is 6.94. The van der Waals surface area contributed by atoms with Gasteiger partial charge in [0.15, 0.2) is 17.7 Å². The van der Waals surface area contributed by atoms with Crippen LogP contribution in [0, 0.1) is 0 Å². The molecule has 3 heterocycles. The lowest BCUT2D eigenvalue weighted by Gasteiger charge is -2.16. The van der Waals surface area contributed by atoms with Crippen molar-refractivity contribution in [1.82, 2.24) is 19.5 Å². The van der Waals surface area contributed by atoms with Crippen molar-refractivity contribution >= 4 is 29.1 Å². The van der Waals surface area contributed by atoms with Crippen molar-refractivity contribution in [2.45, 2.75) is 44.3 Å². The SMILES string of the molecule is CCC/C=N/Nc1nc(N)c2ncn(C3O[C@H](CO)[C@@H](O)[C@H]3O)c2n1. The second-order valence-corrected chi connectivity index (χ2v) is 5.70. The van der Waals surface area contributed by atoms with Crippen LogP contribution in [0.1, 0.15) is 26.0 Å². The number of hydrogen-bond acceptors (Lipinski definition) is 10. The third kappa shape index (κ3) is 3.26. The number of nitrogens with zero attached hydrogens (tertiary/aromatic N) is 5. The van der Waals surface area contributed by atoms with Crippen LogP contribution in [-0.4, -0.2) is 66.0 Å². The molecule has 1 aliphatic heterocycles. The van der Waals surface area contributed by atoms with E-state index in [0.29, 0.717) is 11.2 Å². The van der Waals surface area contributed by atoms with Gasteiger partial charge in [0.05, 0.1) is 12.9 Å². The van der Waals surface area contributed by atoms with Gasteiger partial charge >= 0.3 is 0 Å². The highest BCUT2D eigenvalue weighted by molar-refractivity contribution is 5.83. The van der Waals surface area contributed by atoms with Gasteiger partial charge in [-0.3, -0.25) is 4.57 Å². The number of imidazole rings is 1. The highest BCUT2D eigenvalue weighted by Crippen LogP contribution is 2.32. The van der Waals surface area contributed by atoms with Gasteiger partial charge in [0.25, 0.3) is 0 Å². The summed E-state index contributed by atoms with van der Waals surface area (Å²) in [6, 6.07) is 0. The Morgan fingerprint density at radius 2 is 2.20 bits per heavy atom. The molecule has 0 bridgehead atoms. The second kappa shape index (κ2) is 7.27. The van der Waals surface area contributed by atoms with Gasteiger partial charge in [-0.1, -0.05) is 13.3 Å². The van der Waals surface area contributed by atoms with Crippen molar-refractivity contribution < 1.29 is 20.1 Å². The number of ether oxygens (including phenoxy) is 1. The molecule has 11 nitrogen and oxygen atoms in total. The zero-order valence-electron chi connectivity index (χ0n) is 13.6. The predicted octanol–water partition coefficient (Wildman–Crippen LogP) is -0.782. The fourth-order valence-electron chi connectivity index (χ4n) is 2.58. The molecule has 0 aliphatic carbocycles. The molecule has 0 aromatic carbocycles. The average molecular weight is 351 g/mol. The average Bonchev–Trinajstić information content (AvgIpc) is 3.14. The minimum atomic E-state index is -1.25. The van der Waals surface area contributed by atoms with Crippen LogP contribution in [-0.2, 0) is 4.74 Å². The molecule has 0 spiro atoms. The minimum absolute atomic E-state index is 0.142. The minimum Gasteiger partial charge on any atom is -0.394 e. The molecule has 0 saturated carbocycles. The van der Waals surface area contributed by atoms with Crippen molar-refractivity contribution in [2.75, 3.05) is 17.8 Å². The highest BCUT2D eigenvalue weighted by Gasteiger charge is 2.44. The number of nitrogens with two attached hydrogens (primary N) is 1. The lowest BCUT2D eigenvalue weighted by atomic mass is 10.1. The first-order valence-corrected chi connectivity index (χ1v) is 7.96. The Labute approximate surface area is 143 Å². The van der Waals surface area contributed by atoms with Gasteiger partial charge in [0.1, 0.15) is 23.8 Å². The number of rotatable bonds is 6. The molecule has 1 fully saturated rings. The Balaban J connectivity index is 1.93. The predicted molar refractivity (Wildman–Crippen MR) is 89.8 cm³/mol. The topological polar surface area (TPSA) is 164 Å². The lowest BCUT2D eigenvalue weighted by molar-refractivity contribution is -0.0511. The Bertz CT molecular complexity index is 765. The van der Waals surface area contributed by atoms with Gasteiger partial charge in [0.2, 0.25) is 5.95 Å². The van der Waals surface area contributed by atoms with Crippen LogP contribution in [0.4, 0.5) is 11.8 Å². The zero-order chi connectivity index (χ0) is 18.0. The van der Waals surface area contributed by atoms with Crippen molar-refractivity contribution in [1.29, 1.82) is 0 Å². The van der Waals surface area contributed by atoms with Gasteiger partial charge in [0, 0.05) is 6.21 Å². The summed E-state index contributed by atoms with van der Waals surface area (Å²) in [4.78, 5) is 12.5. The van der Waals surface area contributed by atoms with Crippen LogP contribution in [0.2, 0.25) is 0 Å². The van der Waals surface area contributed by atoms with Gasteiger partial charge in [-0.05, 0) is 6.42 Å². The number of nitrogen functional groups attached to an aromatic ring is 1. The van der Waals surface area contributed by atoms with Gasteiger partial charge in [-0.2, -0.15) is 15.1 Å². The molecule has 1 saturated heterocycles. The molecule has 4 atom stereocenters.